The lowest BCUT2D eigenvalue weighted by molar-refractivity contribution is -0.137. The van der Waals surface area contributed by atoms with Gasteiger partial charge < -0.3 is 5.32 Å². The number of tetrazole rings is 1. The molecule has 1 N–H and O–H groups in total. The topological polar surface area (TPSA) is 72.7 Å². The Morgan fingerprint density at radius 3 is 2.76 bits per heavy atom. The fourth-order valence-electron chi connectivity index (χ4n) is 1.51. The lowest BCUT2D eigenvalue weighted by atomic mass is 10.2. The van der Waals surface area contributed by atoms with Crippen LogP contribution in [-0.4, -0.2) is 26.1 Å². The van der Waals surface area contributed by atoms with Crippen LogP contribution in [0.2, 0.25) is 5.02 Å². The molecule has 1 aromatic heterocycles. The van der Waals surface area contributed by atoms with Crippen LogP contribution in [0.25, 0.3) is 0 Å². The molecule has 2 rings (SSSR count). The molecule has 6 nitrogen and oxygen atoms in total. The third-order valence-corrected chi connectivity index (χ3v) is 2.86. The molecule has 0 fully saturated rings. The number of nitrogens with zero attached hydrogens (tertiary/aromatic N) is 4. The molecule has 0 radical (unpaired) electrons. The van der Waals surface area contributed by atoms with Crippen molar-refractivity contribution in [2.45, 2.75) is 19.1 Å². The van der Waals surface area contributed by atoms with E-state index in [-0.39, 0.29) is 23.7 Å². The second kappa shape index (κ2) is 6.08. The van der Waals surface area contributed by atoms with E-state index in [0.29, 0.717) is 0 Å². The van der Waals surface area contributed by atoms with Crippen LogP contribution in [0.3, 0.4) is 0 Å². The summed E-state index contributed by atoms with van der Waals surface area (Å²) in [4.78, 5) is 11.7. The smallest absolute Gasteiger partial charge is 0.325 e. The van der Waals surface area contributed by atoms with Crippen LogP contribution in [0.4, 0.5) is 18.9 Å². The van der Waals surface area contributed by atoms with Crippen molar-refractivity contribution in [1.82, 2.24) is 20.2 Å². The van der Waals surface area contributed by atoms with Crippen molar-refractivity contribution in [3.63, 3.8) is 0 Å². The third kappa shape index (κ3) is 4.15. The number of hydrogen-bond donors (Lipinski definition) is 1. The van der Waals surface area contributed by atoms with Crippen molar-refractivity contribution >= 4 is 23.2 Å². The molecule has 1 aromatic carbocycles. The highest BCUT2D eigenvalue weighted by Crippen LogP contribution is 2.33. The zero-order chi connectivity index (χ0) is 15.5. The second-order valence-corrected chi connectivity index (χ2v) is 4.47. The molecule has 0 aliphatic rings. The molecule has 0 aliphatic heterocycles. The zero-order valence-corrected chi connectivity index (χ0v) is 11.2. The summed E-state index contributed by atoms with van der Waals surface area (Å²) in [6.07, 6.45) is -3.18. The van der Waals surface area contributed by atoms with E-state index in [2.05, 4.69) is 20.8 Å². The molecular weight excluding hydrogens is 311 g/mol. The van der Waals surface area contributed by atoms with Gasteiger partial charge in [-0.3, -0.25) is 4.79 Å². The van der Waals surface area contributed by atoms with Crippen molar-refractivity contribution < 1.29 is 18.0 Å². The van der Waals surface area contributed by atoms with E-state index >= 15 is 0 Å². The number of carbonyl (C=O) groups excluding carboxylic acids is 1. The summed E-state index contributed by atoms with van der Waals surface area (Å²) in [7, 11) is 0. The molecular formula is C11H9ClF3N5O. The average molecular weight is 320 g/mol. The van der Waals surface area contributed by atoms with E-state index in [1.807, 2.05) is 0 Å². The Balaban J connectivity index is 2.03. The number of hydrogen-bond acceptors (Lipinski definition) is 4. The van der Waals surface area contributed by atoms with Crippen molar-refractivity contribution in [1.29, 1.82) is 0 Å². The lowest BCUT2D eigenvalue weighted by Gasteiger charge is -2.11. The largest absolute Gasteiger partial charge is 0.416 e. The van der Waals surface area contributed by atoms with Crippen LogP contribution < -0.4 is 5.32 Å². The maximum absolute atomic E-state index is 12.6. The molecule has 112 valence electrons. The number of aryl methyl sites for hydroxylation is 1. The van der Waals surface area contributed by atoms with Crippen LogP contribution >= 0.6 is 11.6 Å². The molecule has 1 amide bonds. The normalized spacial score (nSPS) is 11.4. The van der Waals surface area contributed by atoms with Gasteiger partial charge in [-0.15, -0.1) is 5.10 Å². The van der Waals surface area contributed by atoms with Crippen molar-refractivity contribution in [2.75, 3.05) is 5.32 Å². The number of nitrogens with one attached hydrogen (secondary N) is 1. The van der Waals surface area contributed by atoms with Gasteiger partial charge in [0, 0.05) is 6.42 Å². The van der Waals surface area contributed by atoms with Gasteiger partial charge in [-0.2, -0.15) is 13.2 Å². The molecule has 0 spiro atoms. The van der Waals surface area contributed by atoms with Gasteiger partial charge in [-0.25, -0.2) is 4.68 Å². The molecule has 0 aliphatic carbocycles. The van der Waals surface area contributed by atoms with Gasteiger partial charge in [0.1, 0.15) is 6.33 Å². The first-order valence-electron chi connectivity index (χ1n) is 5.73. The lowest BCUT2D eigenvalue weighted by Crippen LogP contribution is -2.16. The van der Waals surface area contributed by atoms with E-state index in [4.69, 9.17) is 11.6 Å². The molecule has 0 unspecified atom stereocenters. The molecule has 0 atom stereocenters. The Bertz CT molecular complexity index is 629. The summed E-state index contributed by atoms with van der Waals surface area (Å²) >= 11 is 5.77. The Labute approximate surface area is 121 Å². The fourth-order valence-corrected chi connectivity index (χ4v) is 1.67. The van der Waals surface area contributed by atoms with Gasteiger partial charge in [-0.05, 0) is 28.6 Å². The summed E-state index contributed by atoms with van der Waals surface area (Å²) in [5.74, 6) is -0.494. The molecule has 2 aromatic rings. The highest BCUT2D eigenvalue weighted by atomic mass is 35.5. The van der Waals surface area contributed by atoms with E-state index < -0.39 is 17.6 Å². The number of aromatic nitrogens is 4. The van der Waals surface area contributed by atoms with E-state index in [9.17, 15) is 18.0 Å². The first-order chi connectivity index (χ1) is 9.86. The number of amides is 1. The minimum Gasteiger partial charge on any atom is -0.325 e. The predicted octanol–water partition coefficient (Wildman–Crippen LogP) is 2.37. The van der Waals surface area contributed by atoms with E-state index in [0.717, 1.165) is 18.2 Å². The SMILES string of the molecule is O=C(CCn1cnnn1)Nc1cc(C(F)(F)F)ccc1Cl. The molecule has 0 saturated carbocycles. The Kier molecular flexibility index (Phi) is 4.41. The quantitative estimate of drug-likeness (QED) is 0.939. The number of benzene rings is 1. The average Bonchev–Trinajstić information content (AvgIpc) is 2.91. The minimum atomic E-state index is -4.50. The monoisotopic (exact) mass is 319 g/mol. The highest BCUT2D eigenvalue weighted by molar-refractivity contribution is 6.33. The fraction of sp³-hybridized carbons (Fsp3) is 0.273. The minimum absolute atomic E-state index is 0.00237. The van der Waals surface area contributed by atoms with Gasteiger partial charge in [0.05, 0.1) is 22.8 Å². The molecule has 1 heterocycles. The molecule has 21 heavy (non-hydrogen) atoms. The second-order valence-electron chi connectivity index (χ2n) is 4.06. The summed E-state index contributed by atoms with van der Waals surface area (Å²) < 4.78 is 39.1. The Morgan fingerprint density at radius 1 is 1.38 bits per heavy atom. The van der Waals surface area contributed by atoms with Crippen LogP contribution in [0.5, 0.6) is 0 Å². The van der Waals surface area contributed by atoms with Gasteiger partial charge in [0.2, 0.25) is 5.91 Å². The maximum atomic E-state index is 12.6. The Hall–Kier alpha value is -2.16. The van der Waals surface area contributed by atoms with Gasteiger partial charge >= 0.3 is 6.18 Å². The highest BCUT2D eigenvalue weighted by Gasteiger charge is 2.31. The van der Waals surface area contributed by atoms with Crippen molar-refractivity contribution in [3.8, 4) is 0 Å². The van der Waals surface area contributed by atoms with E-state index in [1.165, 1.54) is 11.0 Å². The van der Waals surface area contributed by atoms with Crippen LogP contribution in [0.1, 0.15) is 12.0 Å². The maximum Gasteiger partial charge on any atom is 0.416 e. The standard InChI is InChI=1S/C11H9ClF3N5O/c12-8-2-1-7(11(13,14)15)5-9(8)17-10(21)3-4-20-6-16-18-19-20/h1-2,5-6H,3-4H2,(H,17,21). The van der Waals surface area contributed by atoms with Gasteiger partial charge in [-0.1, -0.05) is 11.6 Å². The van der Waals surface area contributed by atoms with Crippen LogP contribution in [0.15, 0.2) is 24.5 Å². The number of alkyl halides is 3. The summed E-state index contributed by atoms with van der Waals surface area (Å²) in [6.45, 7) is 0.204. The summed E-state index contributed by atoms with van der Waals surface area (Å²) in [5.41, 5.74) is -0.976. The van der Waals surface area contributed by atoms with Crippen LogP contribution in [-0.2, 0) is 17.5 Å². The number of rotatable bonds is 4. The first kappa shape index (κ1) is 15.2. The zero-order valence-electron chi connectivity index (χ0n) is 10.4. The van der Waals surface area contributed by atoms with E-state index in [1.54, 1.807) is 0 Å². The number of anilines is 1. The Morgan fingerprint density at radius 2 is 2.14 bits per heavy atom. The van der Waals surface area contributed by atoms with Crippen LogP contribution in [0, 0.1) is 0 Å². The third-order valence-electron chi connectivity index (χ3n) is 2.53. The first-order valence-corrected chi connectivity index (χ1v) is 6.11. The summed E-state index contributed by atoms with van der Waals surface area (Å²) in [6, 6.07) is 2.72. The van der Waals surface area contributed by atoms with Crippen molar-refractivity contribution in [3.05, 3.63) is 35.1 Å². The number of halogens is 4. The van der Waals surface area contributed by atoms with Gasteiger partial charge in [0.25, 0.3) is 0 Å². The molecule has 0 bridgehead atoms. The van der Waals surface area contributed by atoms with Gasteiger partial charge in [0.15, 0.2) is 0 Å². The summed E-state index contributed by atoms with van der Waals surface area (Å²) in [5, 5.41) is 12.7. The predicted molar refractivity (Wildman–Crippen MR) is 67.5 cm³/mol. The molecule has 10 heteroatoms. The van der Waals surface area contributed by atoms with Crippen molar-refractivity contribution in [2.24, 2.45) is 0 Å². The number of carbonyl (C=O) groups is 1. The molecule has 0 saturated heterocycles.